The number of hydrogen-bond donors (Lipinski definition) is 3. The molecule has 0 aliphatic carbocycles. The van der Waals surface area contributed by atoms with Gasteiger partial charge in [-0.1, -0.05) is 0 Å². The van der Waals surface area contributed by atoms with Gasteiger partial charge in [-0.15, -0.1) is 0 Å². The molecule has 0 spiro atoms. The lowest BCUT2D eigenvalue weighted by atomic mass is 10.2. The highest BCUT2D eigenvalue weighted by molar-refractivity contribution is 7.46. The summed E-state index contributed by atoms with van der Waals surface area (Å²) in [5.74, 6) is 0. The smallest absolute Gasteiger partial charge is 0.393 e. The molecule has 5 nitrogen and oxygen atoms in total. The minimum Gasteiger partial charge on any atom is -0.393 e. The molecule has 6 heteroatoms. The Labute approximate surface area is 58.9 Å². The highest BCUT2D eigenvalue weighted by Gasteiger charge is 2.27. The van der Waals surface area contributed by atoms with Gasteiger partial charge in [0, 0.05) is 0 Å². The minimum atomic E-state index is -4.46. The van der Waals surface area contributed by atoms with Crippen LogP contribution in [0.5, 0.6) is 0 Å². The number of hydrogen-bond acceptors (Lipinski definition) is 3. The van der Waals surface area contributed by atoms with Crippen molar-refractivity contribution in [3.8, 4) is 0 Å². The largest absolute Gasteiger partial charge is 0.470 e. The van der Waals surface area contributed by atoms with E-state index in [1.165, 1.54) is 13.8 Å². The summed E-state index contributed by atoms with van der Waals surface area (Å²) in [6.45, 7) is 2.33. The van der Waals surface area contributed by atoms with Crippen LogP contribution in [0.1, 0.15) is 13.8 Å². The van der Waals surface area contributed by atoms with Gasteiger partial charge in [0.05, 0.1) is 12.2 Å². The second kappa shape index (κ2) is 2.98. The maximum atomic E-state index is 10.2. The van der Waals surface area contributed by atoms with Gasteiger partial charge in [-0.05, 0) is 13.8 Å². The Morgan fingerprint density at radius 2 is 1.90 bits per heavy atom. The van der Waals surface area contributed by atoms with E-state index >= 15 is 0 Å². The quantitative estimate of drug-likeness (QED) is 0.513. The van der Waals surface area contributed by atoms with Crippen LogP contribution in [0.15, 0.2) is 0 Å². The topological polar surface area (TPSA) is 87.0 Å². The lowest BCUT2D eigenvalue weighted by Crippen LogP contribution is -2.27. The molecule has 62 valence electrons. The predicted molar refractivity (Wildman–Crippen MR) is 34.3 cm³/mol. The summed E-state index contributed by atoms with van der Waals surface area (Å²) in [6.07, 6.45) is 0. The third-order valence-corrected chi connectivity index (χ3v) is 1.48. The van der Waals surface area contributed by atoms with E-state index in [2.05, 4.69) is 4.52 Å². The number of rotatable bonds is 3. The molecule has 0 aromatic rings. The molecule has 0 saturated carbocycles. The van der Waals surface area contributed by atoms with E-state index in [4.69, 9.17) is 14.9 Å². The first kappa shape index (κ1) is 10.1. The number of phosphoric ester groups is 1. The third-order valence-electron chi connectivity index (χ3n) is 0.747. The van der Waals surface area contributed by atoms with Crippen LogP contribution in [-0.4, -0.2) is 27.1 Å². The maximum Gasteiger partial charge on any atom is 0.470 e. The van der Waals surface area contributed by atoms with Crippen LogP contribution in [0.3, 0.4) is 0 Å². The molecule has 0 fully saturated rings. The zero-order chi connectivity index (χ0) is 8.41. The molecule has 0 rings (SSSR count). The average molecular weight is 170 g/mol. The van der Waals surface area contributed by atoms with Crippen molar-refractivity contribution in [2.45, 2.75) is 19.4 Å². The van der Waals surface area contributed by atoms with Gasteiger partial charge in [0.2, 0.25) is 0 Å². The van der Waals surface area contributed by atoms with E-state index in [-0.39, 0.29) is 0 Å². The van der Waals surface area contributed by atoms with Gasteiger partial charge in [-0.25, -0.2) is 4.57 Å². The fraction of sp³-hybridized carbons (Fsp3) is 1.00. The molecule has 0 aliphatic heterocycles. The van der Waals surface area contributed by atoms with E-state index < -0.39 is 20.0 Å². The lowest BCUT2D eigenvalue weighted by Gasteiger charge is -2.21. The van der Waals surface area contributed by atoms with Crippen molar-refractivity contribution in [1.82, 2.24) is 0 Å². The Bertz CT molecular complexity index is 148. The zero-order valence-corrected chi connectivity index (χ0v) is 6.71. The van der Waals surface area contributed by atoms with E-state index in [9.17, 15) is 4.57 Å². The van der Waals surface area contributed by atoms with Gasteiger partial charge < -0.3 is 14.9 Å². The SMILES string of the molecule is CC(C)(CO)OP(=O)(O)O. The standard InChI is InChI=1S/C4H11O5P/c1-4(2,3-5)9-10(6,7)8/h5H,3H2,1-2H3,(H2,6,7,8). The Hall–Kier alpha value is 0.0700. The van der Waals surface area contributed by atoms with E-state index in [1.807, 2.05) is 0 Å². The van der Waals surface area contributed by atoms with E-state index in [0.29, 0.717) is 0 Å². The van der Waals surface area contributed by atoms with Crippen LogP contribution < -0.4 is 0 Å². The van der Waals surface area contributed by atoms with Gasteiger partial charge in [0.25, 0.3) is 0 Å². The van der Waals surface area contributed by atoms with Gasteiger partial charge in [0.15, 0.2) is 0 Å². The molecule has 10 heavy (non-hydrogen) atoms. The van der Waals surface area contributed by atoms with Crippen LogP contribution in [0, 0.1) is 0 Å². The summed E-state index contributed by atoms with van der Waals surface area (Å²) < 4.78 is 14.4. The Balaban J connectivity index is 4.02. The highest BCUT2D eigenvalue weighted by atomic mass is 31.2. The Kier molecular flexibility index (Phi) is 3.00. The molecular weight excluding hydrogens is 159 g/mol. The van der Waals surface area contributed by atoms with Crippen molar-refractivity contribution in [1.29, 1.82) is 0 Å². The second-order valence-corrected chi connectivity index (χ2v) is 3.66. The maximum absolute atomic E-state index is 10.2. The molecule has 0 bridgehead atoms. The molecule has 0 aromatic carbocycles. The normalized spacial score (nSPS) is 13.7. The van der Waals surface area contributed by atoms with Crippen molar-refractivity contribution < 1.29 is 24.0 Å². The van der Waals surface area contributed by atoms with Crippen LogP contribution in [-0.2, 0) is 9.09 Å². The van der Waals surface area contributed by atoms with Crippen LogP contribution in [0.4, 0.5) is 0 Å². The molecule has 0 amide bonds. The summed E-state index contributed by atoms with van der Waals surface area (Å²) in [5.41, 5.74) is -1.18. The lowest BCUT2D eigenvalue weighted by molar-refractivity contribution is 0.0152. The molecule has 0 saturated heterocycles. The molecule has 0 atom stereocenters. The monoisotopic (exact) mass is 170 g/mol. The number of phosphoric acid groups is 1. The summed E-state index contributed by atoms with van der Waals surface area (Å²) >= 11 is 0. The average Bonchev–Trinajstić information content (AvgIpc) is 1.60. The van der Waals surface area contributed by atoms with Gasteiger partial charge in [-0.2, -0.15) is 0 Å². The van der Waals surface area contributed by atoms with Crippen molar-refractivity contribution in [2.75, 3.05) is 6.61 Å². The summed E-state index contributed by atoms with van der Waals surface area (Å²) in [6, 6.07) is 0. The minimum absolute atomic E-state index is 0.432. The fourth-order valence-corrected chi connectivity index (χ4v) is 1.05. The summed E-state index contributed by atoms with van der Waals surface area (Å²) in [5, 5.41) is 8.49. The van der Waals surface area contributed by atoms with Crippen LogP contribution in [0.25, 0.3) is 0 Å². The molecule has 0 aliphatic rings. The first-order valence-electron chi connectivity index (χ1n) is 2.64. The van der Waals surface area contributed by atoms with Crippen molar-refractivity contribution in [2.24, 2.45) is 0 Å². The third kappa shape index (κ3) is 4.90. The van der Waals surface area contributed by atoms with Crippen LogP contribution >= 0.6 is 7.82 Å². The van der Waals surface area contributed by atoms with E-state index in [1.54, 1.807) is 0 Å². The van der Waals surface area contributed by atoms with Gasteiger partial charge in [0.1, 0.15) is 0 Å². The Morgan fingerprint density at radius 3 is 2.00 bits per heavy atom. The van der Waals surface area contributed by atoms with Crippen molar-refractivity contribution in [3.05, 3.63) is 0 Å². The van der Waals surface area contributed by atoms with Crippen molar-refractivity contribution >= 4 is 7.82 Å². The fourth-order valence-electron chi connectivity index (χ4n) is 0.351. The molecule has 3 N–H and O–H groups in total. The molecule has 0 radical (unpaired) electrons. The molecular formula is C4H11O5P. The number of aliphatic hydroxyl groups excluding tert-OH is 1. The zero-order valence-electron chi connectivity index (χ0n) is 5.81. The molecule has 0 unspecified atom stereocenters. The van der Waals surface area contributed by atoms with Crippen LogP contribution in [0.2, 0.25) is 0 Å². The highest BCUT2D eigenvalue weighted by Crippen LogP contribution is 2.40. The Morgan fingerprint density at radius 1 is 1.50 bits per heavy atom. The summed E-state index contributed by atoms with van der Waals surface area (Å²) in [7, 11) is -4.46. The van der Waals surface area contributed by atoms with Gasteiger partial charge in [-0.3, -0.25) is 4.52 Å². The summed E-state index contributed by atoms with van der Waals surface area (Å²) in [4.78, 5) is 16.5. The molecule has 0 aromatic heterocycles. The predicted octanol–water partition coefficient (Wildman–Crippen LogP) is -0.133. The van der Waals surface area contributed by atoms with Crippen molar-refractivity contribution in [3.63, 3.8) is 0 Å². The first-order valence-corrected chi connectivity index (χ1v) is 4.17. The van der Waals surface area contributed by atoms with Gasteiger partial charge >= 0.3 is 7.82 Å². The first-order chi connectivity index (χ1) is 4.27. The molecule has 0 heterocycles. The number of aliphatic hydroxyl groups is 1. The second-order valence-electron chi connectivity index (χ2n) is 2.50. The van der Waals surface area contributed by atoms with E-state index in [0.717, 1.165) is 0 Å².